The molecule has 1 aromatic carbocycles. The van der Waals surface area contributed by atoms with Gasteiger partial charge >= 0.3 is 0 Å². The summed E-state index contributed by atoms with van der Waals surface area (Å²) in [7, 11) is 0.687. The number of allylic oxidation sites excluding steroid dienone is 4. The Bertz CT molecular complexity index is 702. The van der Waals surface area contributed by atoms with Crippen LogP contribution in [0.15, 0.2) is 54.6 Å². The maximum atomic E-state index is 11.3. The van der Waals surface area contributed by atoms with Crippen LogP contribution < -0.4 is 5.30 Å². The monoisotopic (exact) mass is 398 g/mol. The first-order valence-corrected chi connectivity index (χ1v) is 11.2. The zero-order valence-corrected chi connectivity index (χ0v) is 19.9. The van der Waals surface area contributed by atoms with E-state index in [0.29, 0.717) is 8.58 Å². The van der Waals surface area contributed by atoms with Gasteiger partial charge in [0.2, 0.25) is 0 Å². The molecule has 0 N–H and O–H groups in total. The second-order valence-electron chi connectivity index (χ2n) is 9.78. The van der Waals surface area contributed by atoms with E-state index in [1.165, 1.54) is 16.4 Å². The molecule has 2 heteroatoms. The Morgan fingerprint density at radius 3 is 2.18 bits per heavy atom. The lowest BCUT2D eigenvalue weighted by atomic mass is 9.84. The summed E-state index contributed by atoms with van der Waals surface area (Å²) in [4.78, 5) is 11.3. The molecule has 0 aliphatic rings. The number of carbonyl (C=O) groups is 1. The van der Waals surface area contributed by atoms with Crippen molar-refractivity contribution in [1.29, 1.82) is 0 Å². The number of hydrogen-bond donors (Lipinski definition) is 0. The molecule has 2 atom stereocenters. The smallest absolute Gasteiger partial charge is 0.125 e. The summed E-state index contributed by atoms with van der Waals surface area (Å²) in [5.41, 5.74) is 2.33. The van der Waals surface area contributed by atoms with Gasteiger partial charge in [-0.1, -0.05) is 97.3 Å². The zero-order chi connectivity index (χ0) is 21.4. The van der Waals surface area contributed by atoms with E-state index in [9.17, 15) is 4.79 Å². The molecule has 1 nitrogen and oxygen atoms in total. The van der Waals surface area contributed by atoms with E-state index in [1.807, 2.05) is 13.8 Å². The lowest BCUT2D eigenvalue weighted by Crippen LogP contribution is -2.27. The van der Waals surface area contributed by atoms with Crippen molar-refractivity contribution in [3.05, 3.63) is 60.2 Å². The maximum Gasteiger partial charge on any atom is 0.125 e. The summed E-state index contributed by atoms with van der Waals surface area (Å²) >= 11 is 0. The Balaban J connectivity index is 2.78. The molecule has 0 amide bonds. The van der Waals surface area contributed by atoms with E-state index in [2.05, 4.69) is 89.8 Å². The second-order valence-corrected chi connectivity index (χ2v) is 12.0. The van der Waals surface area contributed by atoms with Gasteiger partial charge in [-0.15, -0.1) is 6.58 Å². The number of hydrogen-bond acceptors (Lipinski definition) is 1. The van der Waals surface area contributed by atoms with Crippen molar-refractivity contribution in [2.24, 2.45) is 10.8 Å². The van der Waals surface area contributed by atoms with Crippen molar-refractivity contribution < 1.29 is 4.79 Å². The van der Waals surface area contributed by atoms with Gasteiger partial charge in [-0.25, -0.2) is 0 Å². The molecular formula is C26H39OP. The SMILES string of the molecule is C=CC(C)(/C=C/c1ccc(PC(C)(C)CC(C)(C)C=O)cc1)CCC=C(C)C. The fourth-order valence-electron chi connectivity index (χ4n) is 3.51. The van der Waals surface area contributed by atoms with Crippen LogP contribution >= 0.6 is 8.58 Å². The summed E-state index contributed by atoms with van der Waals surface area (Å²) in [5, 5.41) is 1.47. The van der Waals surface area contributed by atoms with Gasteiger partial charge in [-0.3, -0.25) is 0 Å². The minimum Gasteiger partial charge on any atom is -0.303 e. The van der Waals surface area contributed by atoms with Gasteiger partial charge in [-0.05, 0) is 49.1 Å². The molecule has 0 saturated carbocycles. The van der Waals surface area contributed by atoms with E-state index < -0.39 is 0 Å². The standard InChI is InChI=1S/C26H39OP/c1-9-26(8,17-10-11-21(2)3)18-16-22-12-14-23(15-13-22)28-25(6,7)19-24(4,5)20-27/h9,11-16,18,20,28H,1,10,17,19H2,2-8H3/b18-16+. The van der Waals surface area contributed by atoms with Gasteiger partial charge in [0, 0.05) is 10.8 Å². The van der Waals surface area contributed by atoms with Gasteiger partial charge < -0.3 is 4.79 Å². The maximum absolute atomic E-state index is 11.3. The predicted octanol–water partition coefficient (Wildman–Crippen LogP) is 7.34. The summed E-state index contributed by atoms with van der Waals surface area (Å²) < 4.78 is 0. The highest BCUT2D eigenvalue weighted by atomic mass is 31.1. The van der Waals surface area contributed by atoms with E-state index in [4.69, 9.17) is 0 Å². The number of carbonyl (C=O) groups excluding carboxylic acids is 1. The van der Waals surface area contributed by atoms with Crippen LogP contribution in [0.5, 0.6) is 0 Å². The van der Waals surface area contributed by atoms with Crippen molar-refractivity contribution in [3.63, 3.8) is 0 Å². The summed E-state index contributed by atoms with van der Waals surface area (Å²) in [5.74, 6) is 0. The van der Waals surface area contributed by atoms with Crippen LogP contribution in [0.1, 0.15) is 73.3 Å². The normalized spacial score (nSPS) is 15.0. The molecule has 0 aliphatic carbocycles. The molecular weight excluding hydrogens is 359 g/mol. The van der Waals surface area contributed by atoms with Crippen molar-refractivity contribution in [3.8, 4) is 0 Å². The van der Waals surface area contributed by atoms with Crippen LogP contribution in [0.25, 0.3) is 6.08 Å². The van der Waals surface area contributed by atoms with Crippen molar-refractivity contribution >= 4 is 26.2 Å². The largest absolute Gasteiger partial charge is 0.303 e. The molecule has 0 bridgehead atoms. The molecule has 0 saturated heterocycles. The summed E-state index contributed by atoms with van der Waals surface area (Å²) in [6.07, 6.45) is 12.9. The molecule has 1 aromatic rings. The van der Waals surface area contributed by atoms with E-state index >= 15 is 0 Å². The van der Waals surface area contributed by atoms with Gasteiger partial charge in [0.25, 0.3) is 0 Å². The molecule has 0 fully saturated rings. The number of aldehydes is 1. The highest BCUT2D eigenvalue weighted by molar-refractivity contribution is 7.48. The summed E-state index contributed by atoms with van der Waals surface area (Å²) in [6.45, 7) is 19.1. The lowest BCUT2D eigenvalue weighted by molar-refractivity contribution is -0.115. The van der Waals surface area contributed by atoms with E-state index in [-0.39, 0.29) is 16.0 Å². The Morgan fingerprint density at radius 2 is 1.68 bits per heavy atom. The molecule has 1 rings (SSSR count). The van der Waals surface area contributed by atoms with Crippen LogP contribution in [-0.2, 0) is 4.79 Å². The minimum absolute atomic E-state index is 0.00871. The molecule has 0 aliphatic heterocycles. The van der Waals surface area contributed by atoms with Crippen molar-refractivity contribution in [2.75, 3.05) is 0 Å². The third kappa shape index (κ3) is 9.16. The van der Waals surface area contributed by atoms with Crippen LogP contribution in [0, 0.1) is 10.8 Å². The lowest BCUT2D eigenvalue weighted by Gasteiger charge is -2.31. The minimum atomic E-state index is -0.264. The number of benzene rings is 1. The fourth-order valence-corrected chi connectivity index (χ4v) is 5.16. The van der Waals surface area contributed by atoms with Gasteiger partial charge in [0.1, 0.15) is 6.29 Å². The van der Waals surface area contributed by atoms with Crippen LogP contribution in [0.2, 0.25) is 0 Å². The summed E-state index contributed by atoms with van der Waals surface area (Å²) in [6, 6.07) is 8.84. The van der Waals surface area contributed by atoms with Crippen molar-refractivity contribution in [2.45, 2.75) is 72.9 Å². The third-order valence-corrected chi connectivity index (χ3v) is 6.44. The Morgan fingerprint density at radius 1 is 1.07 bits per heavy atom. The third-order valence-electron chi connectivity index (χ3n) is 4.97. The molecule has 0 heterocycles. The van der Waals surface area contributed by atoms with Crippen LogP contribution in [0.4, 0.5) is 0 Å². The average Bonchev–Trinajstić information content (AvgIpc) is 2.59. The highest BCUT2D eigenvalue weighted by Gasteiger charge is 2.28. The topological polar surface area (TPSA) is 17.1 Å². The van der Waals surface area contributed by atoms with Gasteiger partial charge in [0.05, 0.1) is 0 Å². The Kier molecular flexibility index (Phi) is 9.09. The first-order valence-electron chi connectivity index (χ1n) is 10.2. The second kappa shape index (κ2) is 10.4. The van der Waals surface area contributed by atoms with Gasteiger partial charge in [-0.2, -0.15) is 0 Å². The van der Waals surface area contributed by atoms with Crippen LogP contribution in [0.3, 0.4) is 0 Å². The molecule has 0 spiro atoms. The average molecular weight is 399 g/mol. The highest BCUT2D eigenvalue weighted by Crippen LogP contribution is 2.39. The Labute approximate surface area is 175 Å². The van der Waals surface area contributed by atoms with Crippen LogP contribution in [-0.4, -0.2) is 11.4 Å². The first kappa shape index (κ1) is 24.6. The molecule has 154 valence electrons. The van der Waals surface area contributed by atoms with Crippen molar-refractivity contribution in [1.82, 2.24) is 0 Å². The number of rotatable bonds is 11. The van der Waals surface area contributed by atoms with E-state index in [1.54, 1.807) is 0 Å². The molecule has 28 heavy (non-hydrogen) atoms. The molecule has 0 radical (unpaired) electrons. The predicted molar refractivity (Wildman–Crippen MR) is 129 cm³/mol. The van der Waals surface area contributed by atoms with E-state index in [0.717, 1.165) is 25.5 Å². The first-order chi connectivity index (χ1) is 12.9. The fraction of sp³-hybridized carbons (Fsp3) is 0.500. The van der Waals surface area contributed by atoms with Gasteiger partial charge in [0.15, 0.2) is 0 Å². The molecule has 2 unspecified atom stereocenters. The zero-order valence-electron chi connectivity index (χ0n) is 18.9. The quantitative estimate of drug-likeness (QED) is 0.216. The molecule has 0 aromatic heterocycles. The Hall–Kier alpha value is -1.46.